The van der Waals surface area contributed by atoms with Gasteiger partial charge >= 0.3 is 5.97 Å². The smallest absolute Gasteiger partial charge is 0.337 e. The second-order valence-corrected chi connectivity index (χ2v) is 10.6. The maximum atomic E-state index is 12.9. The van der Waals surface area contributed by atoms with Crippen molar-refractivity contribution in [3.05, 3.63) is 83.4 Å². The molecule has 2 fully saturated rings. The van der Waals surface area contributed by atoms with Crippen molar-refractivity contribution < 1.29 is 14.3 Å². The van der Waals surface area contributed by atoms with Crippen LogP contribution >= 0.6 is 0 Å². The molecule has 3 aromatic carbocycles. The number of nitrogens with zero attached hydrogens (tertiary/aromatic N) is 5. The first-order valence-corrected chi connectivity index (χ1v) is 14.7. The summed E-state index contributed by atoms with van der Waals surface area (Å²) in [5.41, 5.74) is 5.63. The van der Waals surface area contributed by atoms with Gasteiger partial charge in [-0.3, -0.25) is 10.1 Å². The SMILES string of the molecule is CCc1cc(C(=O)OC)ccc1N=C(NC#N)N1CCN(c2ccc(NC(=O)c3cccc(N4CCCC4)c3)cc2)CC1. The lowest BCUT2D eigenvalue weighted by Gasteiger charge is -2.37. The third kappa shape index (κ3) is 7.07. The van der Waals surface area contributed by atoms with Gasteiger partial charge in [-0.05, 0) is 85.5 Å². The van der Waals surface area contributed by atoms with Gasteiger partial charge in [0.1, 0.15) is 0 Å². The molecule has 0 aliphatic carbocycles. The Hall–Kier alpha value is -5.04. The molecule has 0 saturated carbocycles. The summed E-state index contributed by atoms with van der Waals surface area (Å²) in [7, 11) is 1.36. The molecule has 2 aliphatic heterocycles. The third-order valence-corrected chi connectivity index (χ3v) is 7.92. The predicted octanol–water partition coefficient (Wildman–Crippen LogP) is 4.77. The Morgan fingerprint density at radius 1 is 0.884 bits per heavy atom. The van der Waals surface area contributed by atoms with E-state index in [0.717, 1.165) is 48.8 Å². The van der Waals surface area contributed by atoms with Crippen LogP contribution in [-0.2, 0) is 11.2 Å². The van der Waals surface area contributed by atoms with Crippen LogP contribution in [0.25, 0.3) is 0 Å². The zero-order valence-electron chi connectivity index (χ0n) is 24.7. The molecule has 3 aromatic rings. The molecule has 0 aromatic heterocycles. The molecule has 0 spiro atoms. The highest BCUT2D eigenvalue weighted by Gasteiger charge is 2.21. The number of rotatable bonds is 7. The van der Waals surface area contributed by atoms with Crippen LogP contribution in [0, 0.1) is 11.5 Å². The van der Waals surface area contributed by atoms with Crippen molar-refractivity contribution >= 4 is 40.6 Å². The van der Waals surface area contributed by atoms with Crippen LogP contribution in [0.2, 0.25) is 0 Å². The van der Waals surface area contributed by atoms with Crippen molar-refractivity contribution in [3.63, 3.8) is 0 Å². The summed E-state index contributed by atoms with van der Waals surface area (Å²) in [6.45, 7) is 6.88. The molecule has 0 radical (unpaired) electrons. The second kappa shape index (κ2) is 13.7. The van der Waals surface area contributed by atoms with Crippen LogP contribution in [0.3, 0.4) is 0 Å². The van der Waals surface area contributed by atoms with E-state index in [1.165, 1.54) is 20.0 Å². The van der Waals surface area contributed by atoms with Gasteiger partial charge in [0.25, 0.3) is 5.91 Å². The minimum Gasteiger partial charge on any atom is -0.465 e. The Morgan fingerprint density at radius 3 is 2.28 bits per heavy atom. The number of methoxy groups -OCH3 is 1. The van der Waals surface area contributed by atoms with Crippen molar-refractivity contribution in [2.75, 3.05) is 61.5 Å². The molecule has 0 bridgehead atoms. The number of ether oxygens (including phenoxy) is 1. The quantitative estimate of drug-likeness (QED) is 0.135. The molecule has 222 valence electrons. The number of piperazine rings is 1. The van der Waals surface area contributed by atoms with Gasteiger partial charge in [-0.15, -0.1) is 0 Å². The first-order chi connectivity index (χ1) is 21.0. The number of hydrogen-bond donors (Lipinski definition) is 2. The van der Waals surface area contributed by atoms with Gasteiger partial charge in [0, 0.05) is 61.9 Å². The zero-order chi connectivity index (χ0) is 30.2. The number of esters is 1. The largest absolute Gasteiger partial charge is 0.465 e. The minimum absolute atomic E-state index is 0.120. The summed E-state index contributed by atoms with van der Waals surface area (Å²) in [6.07, 6.45) is 5.07. The standard InChI is InChI=1S/C33H37N7O3/c1-3-24-21-26(32(42)43-2)9-14-30(24)37-33(35-23-34)40-19-17-39(18-20-40)28-12-10-27(11-13-28)36-31(41)25-7-6-8-29(22-25)38-15-4-5-16-38/h6-14,21-22H,3-5,15-20H2,1-2H3,(H,35,37)(H,36,41). The lowest BCUT2D eigenvalue weighted by molar-refractivity contribution is 0.0600. The highest BCUT2D eigenvalue weighted by Crippen LogP contribution is 2.25. The molecular weight excluding hydrogens is 542 g/mol. The van der Waals surface area contributed by atoms with Gasteiger partial charge in [0.05, 0.1) is 18.4 Å². The fourth-order valence-corrected chi connectivity index (χ4v) is 5.52. The third-order valence-electron chi connectivity index (χ3n) is 7.92. The van der Waals surface area contributed by atoms with Gasteiger partial charge < -0.3 is 24.8 Å². The van der Waals surface area contributed by atoms with Gasteiger partial charge in [-0.2, -0.15) is 5.26 Å². The fourth-order valence-electron chi connectivity index (χ4n) is 5.52. The number of carbonyl (C=O) groups excluding carboxylic acids is 2. The van der Waals surface area contributed by atoms with Crippen molar-refractivity contribution in [3.8, 4) is 6.19 Å². The van der Waals surface area contributed by atoms with E-state index in [1.807, 2.05) is 55.6 Å². The van der Waals surface area contributed by atoms with Gasteiger partial charge in [-0.25, -0.2) is 9.79 Å². The average Bonchev–Trinajstić information content (AvgIpc) is 3.60. The number of guanidine groups is 1. The maximum absolute atomic E-state index is 12.9. The highest BCUT2D eigenvalue weighted by molar-refractivity contribution is 6.05. The predicted molar refractivity (Wildman–Crippen MR) is 169 cm³/mol. The van der Waals surface area contributed by atoms with Gasteiger partial charge in [0.2, 0.25) is 5.96 Å². The van der Waals surface area contributed by atoms with Crippen LogP contribution in [0.4, 0.5) is 22.7 Å². The number of aryl methyl sites for hydroxylation is 1. The molecule has 43 heavy (non-hydrogen) atoms. The molecular formula is C33H37N7O3. The summed E-state index contributed by atoms with van der Waals surface area (Å²) >= 11 is 0. The number of hydrogen-bond acceptors (Lipinski definition) is 7. The minimum atomic E-state index is -0.394. The Kier molecular flexibility index (Phi) is 9.42. The topological polar surface area (TPSA) is 113 Å². The Bertz CT molecular complexity index is 1520. The number of amides is 1. The first kappa shape index (κ1) is 29.5. The first-order valence-electron chi connectivity index (χ1n) is 14.7. The van der Waals surface area contributed by atoms with E-state index < -0.39 is 5.97 Å². The van der Waals surface area contributed by atoms with Crippen LogP contribution in [0.15, 0.2) is 71.7 Å². The van der Waals surface area contributed by atoms with Crippen molar-refractivity contribution in [1.82, 2.24) is 10.2 Å². The van der Waals surface area contributed by atoms with Crippen molar-refractivity contribution in [2.45, 2.75) is 26.2 Å². The highest BCUT2D eigenvalue weighted by atomic mass is 16.5. The average molecular weight is 580 g/mol. The maximum Gasteiger partial charge on any atom is 0.337 e. The fraction of sp³-hybridized carbons (Fsp3) is 0.333. The molecule has 2 saturated heterocycles. The molecule has 5 rings (SSSR count). The Morgan fingerprint density at radius 2 is 1.60 bits per heavy atom. The lowest BCUT2D eigenvalue weighted by atomic mass is 10.1. The molecule has 2 heterocycles. The number of benzene rings is 3. The lowest BCUT2D eigenvalue weighted by Crippen LogP contribution is -2.51. The van der Waals surface area contributed by atoms with E-state index in [9.17, 15) is 14.9 Å². The van der Waals surface area contributed by atoms with Gasteiger partial charge in [0.15, 0.2) is 6.19 Å². The summed E-state index contributed by atoms with van der Waals surface area (Å²) in [4.78, 5) is 36.3. The molecule has 0 unspecified atom stereocenters. The van der Waals surface area contributed by atoms with Gasteiger partial charge in [-0.1, -0.05) is 13.0 Å². The zero-order valence-corrected chi connectivity index (χ0v) is 24.7. The normalized spacial score (nSPS) is 15.2. The van der Waals surface area contributed by atoms with E-state index >= 15 is 0 Å². The summed E-state index contributed by atoms with van der Waals surface area (Å²) in [5.74, 6) is -0.0326. The molecule has 2 aliphatic rings. The van der Waals surface area contributed by atoms with E-state index in [4.69, 9.17) is 9.73 Å². The monoisotopic (exact) mass is 579 g/mol. The number of carbonyl (C=O) groups is 2. The molecule has 10 nitrogen and oxygen atoms in total. The van der Waals surface area contributed by atoms with Crippen LogP contribution in [-0.4, -0.2) is 69.1 Å². The summed E-state index contributed by atoms with van der Waals surface area (Å²) in [6, 6.07) is 21.0. The van der Waals surface area contributed by atoms with Crippen LogP contribution in [0.1, 0.15) is 46.0 Å². The Labute approximate surface area is 252 Å². The molecule has 10 heteroatoms. The molecule has 1 amide bonds. The number of anilines is 3. The van der Waals surface area contributed by atoms with E-state index in [0.29, 0.717) is 42.3 Å². The summed E-state index contributed by atoms with van der Waals surface area (Å²) in [5, 5.41) is 15.2. The summed E-state index contributed by atoms with van der Waals surface area (Å²) < 4.78 is 4.84. The van der Waals surface area contributed by atoms with Crippen molar-refractivity contribution in [1.29, 1.82) is 5.26 Å². The second-order valence-electron chi connectivity index (χ2n) is 10.6. The number of aliphatic imine (C=N–C) groups is 1. The van der Waals surface area contributed by atoms with Crippen LogP contribution < -0.4 is 20.4 Å². The Balaban J connectivity index is 1.20. The van der Waals surface area contributed by atoms with E-state index in [-0.39, 0.29) is 5.91 Å². The molecule has 0 atom stereocenters. The van der Waals surface area contributed by atoms with E-state index in [1.54, 1.807) is 18.2 Å². The number of nitrogens with one attached hydrogen (secondary N) is 2. The van der Waals surface area contributed by atoms with E-state index in [2.05, 4.69) is 31.4 Å². The van der Waals surface area contributed by atoms with Crippen molar-refractivity contribution in [2.24, 2.45) is 4.99 Å². The molecule has 2 N–H and O–H groups in total. The number of nitriles is 1. The van der Waals surface area contributed by atoms with Crippen LogP contribution in [0.5, 0.6) is 0 Å².